The van der Waals surface area contributed by atoms with Gasteiger partial charge >= 0.3 is 11.9 Å². The van der Waals surface area contributed by atoms with Crippen LogP contribution < -0.4 is 65.1 Å². The normalized spacial score (nSPS) is 15.7. The van der Waals surface area contributed by atoms with Crippen molar-refractivity contribution in [1.82, 2.24) is 47.9 Å². The maximum atomic E-state index is 13.8. The van der Waals surface area contributed by atoms with E-state index in [1.807, 2.05) is 13.8 Å². The van der Waals surface area contributed by atoms with E-state index in [0.29, 0.717) is 6.42 Å². The first-order valence-electron chi connectivity index (χ1n) is 25.0. The second-order valence-electron chi connectivity index (χ2n) is 20.3. The lowest BCUT2D eigenvalue weighted by atomic mass is 10.00. The van der Waals surface area contributed by atoms with E-state index in [2.05, 4.69) is 52.8 Å². The quantitative estimate of drug-likeness (QED) is 0.0163. The largest absolute Gasteiger partial charge is 0.481 e. The SMILES string of the molecule is CC(C)CC(N)C(=O)NC(CC(C)C)C(=O)NC(CC(=O)O)C(=O)NCC(=O)NC(C(=O)NC(C)C(=O)NC(C(=O)NC(CC(C)C)C(=O)NC(CCCN=C(N)N)C(=O)NC(CC(C)C)C(=O)O)C(C)O)C(C)O. The molecule has 0 saturated heterocycles. The lowest BCUT2D eigenvalue weighted by Gasteiger charge is -2.28. The topological polar surface area (TPSA) is 467 Å². The Morgan fingerprint density at radius 2 is 0.880 bits per heavy atom. The number of guanidine groups is 1. The molecule has 0 rings (SSSR count). The molecule has 428 valence electrons. The summed E-state index contributed by atoms with van der Waals surface area (Å²) in [7, 11) is 0. The van der Waals surface area contributed by atoms with Crippen LogP contribution in [0.2, 0.25) is 0 Å². The standard InChI is InChI=1S/C47H85N13O15/c1-21(2)15-28(48)39(67)55-30(16-22(3)4)43(71)56-32(19-35(64)65)40(68)52-20-34(63)59-36(26(10)61)44(72)53-25(9)38(66)60-37(27(11)62)45(73)57-31(17-23(5)6)42(70)54-29(13-12-14-51-47(49)50)41(69)58-33(46(74)75)18-24(7)8/h21-33,36-37,61-62H,12-20,48H2,1-11H3,(H,52,68)(H,53,72)(H,54,70)(H,55,67)(H,56,71)(H,57,73)(H,58,69)(H,59,63)(H,60,66)(H,64,65)(H,74,75)(H4,49,50,51). The third-order valence-corrected chi connectivity index (χ3v) is 11.0. The molecule has 0 fully saturated rings. The Morgan fingerprint density at radius 3 is 1.33 bits per heavy atom. The van der Waals surface area contributed by atoms with Crippen LogP contribution in [0.5, 0.6) is 0 Å². The van der Waals surface area contributed by atoms with Gasteiger partial charge in [-0.25, -0.2) is 4.79 Å². The van der Waals surface area contributed by atoms with Gasteiger partial charge in [-0.1, -0.05) is 55.4 Å². The van der Waals surface area contributed by atoms with Crippen LogP contribution in [0.15, 0.2) is 4.99 Å². The molecule has 0 heterocycles. The first-order valence-corrected chi connectivity index (χ1v) is 25.0. The van der Waals surface area contributed by atoms with Crippen LogP contribution >= 0.6 is 0 Å². The van der Waals surface area contributed by atoms with Crippen LogP contribution in [0.1, 0.15) is 121 Å². The number of nitrogens with one attached hydrogen (secondary N) is 9. The number of nitrogens with zero attached hydrogens (tertiary/aromatic N) is 1. The van der Waals surface area contributed by atoms with Gasteiger partial charge < -0.3 is 85.5 Å². The maximum Gasteiger partial charge on any atom is 0.326 e. The van der Waals surface area contributed by atoms with Gasteiger partial charge in [0.1, 0.15) is 48.3 Å². The van der Waals surface area contributed by atoms with Crippen molar-refractivity contribution in [3.63, 3.8) is 0 Å². The molecule has 0 aliphatic carbocycles. The predicted octanol–water partition coefficient (Wildman–Crippen LogP) is -4.11. The molecular weight excluding hydrogens is 987 g/mol. The summed E-state index contributed by atoms with van der Waals surface area (Å²) < 4.78 is 0. The molecule has 28 heteroatoms. The van der Waals surface area contributed by atoms with Gasteiger partial charge in [0.15, 0.2) is 5.96 Å². The van der Waals surface area contributed by atoms with Crippen molar-refractivity contribution in [2.75, 3.05) is 13.1 Å². The Labute approximate surface area is 437 Å². The molecule has 0 radical (unpaired) electrons. The van der Waals surface area contributed by atoms with Crippen LogP contribution in [-0.2, 0) is 52.7 Å². The number of aliphatic carboxylic acids is 2. The van der Waals surface area contributed by atoms with Gasteiger partial charge in [-0.2, -0.15) is 0 Å². The highest BCUT2D eigenvalue weighted by Crippen LogP contribution is 2.12. The third kappa shape index (κ3) is 28.0. The number of aliphatic imine (C=N–C) groups is 1. The highest BCUT2D eigenvalue weighted by atomic mass is 16.4. The highest BCUT2D eigenvalue weighted by molar-refractivity contribution is 5.98. The smallest absolute Gasteiger partial charge is 0.326 e. The minimum Gasteiger partial charge on any atom is -0.481 e. The van der Waals surface area contributed by atoms with Crippen molar-refractivity contribution in [3.8, 4) is 0 Å². The van der Waals surface area contributed by atoms with Crippen LogP contribution in [0, 0.1) is 23.7 Å². The molecule has 0 aromatic heterocycles. The number of aliphatic hydroxyl groups excluding tert-OH is 2. The number of hydrogen-bond donors (Lipinski definition) is 16. The summed E-state index contributed by atoms with van der Waals surface area (Å²) >= 11 is 0. The summed E-state index contributed by atoms with van der Waals surface area (Å²) in [6.45, 7) is 16.8. The molecule has 19 N–H and O–H groups in total. The minimum absolute atomic E-state index is 0.0119. The fourth-order valence-corrected chi connectivity index (χ4v) is 7.20. The van der Waals surface area contributed by atoms with Crippen molar-refractivity contribution in [1.29, 1.82) is 0 Å². The van der Waals surface area contributed by atoms with Crippen molar-refractivity contribution in [3.05, 3.63) is 0 Å². The minimum atomic E-state index is -1.77. The summed E-state index contributed by atoms with van der Waals surface area (Å²) in [4.78, 5) is 147. The number of carbonyl (C=O) groups excluding carboxylic acids is 9. The summed E-state index contributed by atoms with van der Waals surface area (Å²) in [5, 5.41) is 61.5. The lowest BCUT2D eigenvalue weighted by molar-refractivity contribution is -0.143. The molecule has 11 atom stereocenters. The fourth-order valence-electron chi connectivity index (χ4n) is 7.20. The third-order valence-electron chi connectivity index (χ3n) is 11.0. The Balaban J connectivity index is 6.06. The van der Waals surface area contributed by atoms with Crippen molar-refractivity contribution in [2.45, 2.75) is 188 Å². The second-order valence-corrected chi connectivity index (χ2v) is 20.3. The van der Waals surface area contributed by atoms with Gasteiger partial charge in [0.25, 0.3) is 0 Å². The van der Waals surface area contributed by atoms with Crippen LogP contribution in [0.4, 0.5) is 0 Å². The summed E-state index contributed by atoms with van der Waals surface area (Å²) in [6.07, 6.45) is -3.55. The second kappa shape index (κ2) is 34.0. The number of aliphatic hydroxyl groups is 2. The van der Waals surface area contributed by atoms with Crippen molar-refractivity contribution in [2.24, 2.45) is 45.9 Å². The van der Waals surface area contributed by atoms with Crippen LogP contribution in [-0.4, -0.2) is 171 Å². The molecular formula is C47H85N13O15. The number of nitrogens with two attached hydrogens (primary N) is 3. The number of amides is 9. The van der Waals surface area contributed by atoms with E-state index in [0.717, 1.165) is 13.8 Å². The first kappa shape index (κ1) is 68.3. The van der Waals surface area contributed by atoms with E-state index in [1.54, 1.807) is 41.5 Å². The Bertz CT molecular complexity index is 1980. The molecule has 75 heavy (non-hydrogen) atoms. The number of hydrogen-bond acceptors (Lipinski definition) is 15. The number of rotatable bonds is 35. The monoisotopic (exact) mass is 1070 g/mol. The van der Waals surface area contributed by atoms with Gasteiger partial charge in [-0.05, 0) is 83.0 Å². The average Bonchev–Trinajstić information content (AvgIpc) is 3.27. The number of carbonyl (C=O) groups is 11. The Morgan fingerprint density at radius 1 is 0.467 bits per heavy atom. The number of carboxylic acid groups (broad SMARTS) is 2. The fraction of sp³-hybridized carbons (Fsp3) is 0.745. The zero-order chi connectivity index (χ0) is 58.0. The zero-order valence-corrected chi connectivity index (χ0v) is 45.0. The van der Waals surface area contributed by atoms with Crippen LogP contribution in [0.25, 0.3) is 0 Å². The molecule has 0 spiro atoms. The zero-order valence-electron chi connectivity index (χ0n) is 45.0. The van der Waals surface area contributed by atoms with E-state index in [1.165, 1.54) is 6.92 Å². The van der Waals surface area contributed by atoms with Crippen molar-refractivity contribution >= 4 is 71.1 Å². The van der Waals surface area contributed by atoms with E-state index in [-0.39, 0.29) is 68.3 Å². The van der Waals surface area contributed by atoms with E-state index in [9.17, 15) is 73.2 Å². The molecule has 28 nitrogen and oxygen atoms in total. The van der Waals surface area contributed by atoms with Gasteiger partial charge in [0.05, 0.1) is 31.2 Å². The summed E-state index contributed by atoms with van der Waals surface area (Å²) in [5.41, 5.74) is 16.8. The van der Waals surface area contributed by atoms with Crippen molar-refractivity contribution < 1.29 is 73.2 Å². The van der Waals surface area contributed by atoms with Gasteiger partial charge in [0, 0.05) is 6.54 Å². The average molecular weight is 1070 g/mol. The summed E-state index contributed by atoms with van der Waals surface area (Å²) in [6, 6.07) is -12.9. The molecule has 0 saturated carbocycles. The molecule has 0 bridgehead atoms. The van der Waals surface area contributed by atoms with E-state index < -0.39 is 145 Å². The van der Waals surface area contributed by atoms with E-state index >= 15 is 0 Å². The lowest BCUT2D eigenvalue weighted by Crippen LogP contribution is -2.62. The molecule has 0 aliphatic heterocycles. The van der Waals surface area contributed by atoms with Gasteiger partial charge in [-0.15, -0.1) is 0 Å². The predicted molar refractivity (Wildman–Crippen MR) is 273 cm³/mol. The number of carboxylic acids is 2. The van der Waals surface area contributed by atoms with Gasteiger partial charge in [-0.3, -0.25) is 52.9 Å². The highest BCUT2D eigenvalue weighted by Gasteiger charge is 2.36. The molecule has 0 aliphatic rings. The Hall–Kier alpha value is -6.68. The van der Waals surface area contributed by atoms with E-state index in [4.69, 9.17) is 17.2 Å². The van der Waals surface area contributed by atoms with Crippen LogP contribution in [0.3, 0.4) is 0 Å². The molecule has 0 aromatic carbocycles. The molecule has 11 unspecified atom stereocenters. The maximum absolute atomic E-state index is 13.8. The molecule has 0 aromatic rings. The molecule has 9 amide bonds. The Kier molecular flexibility index (Phi) is 31.0. The summed E-state index contributed by atoms with van der Waals surface area (Å²) in [5.74, 6) is -12.1. The first-order chi connectivity index (χ1) is 34.7. The van der Waals surface area contributed by atoms with Gasteiger partial charge in [0.2, 0.25) is 53.2 Å².